The molecule has 1 saturated carbocycles. The minimum atomic E-state index is -0.267. The lowest BCUT2D eigenvalue weighted by molar-refractivity contribution is -0.116. The van der Waals surface area contributed by atoms with Crippen molar-refractivity contribution >= 4 is 52.3 Å². The number of hydrogen-bond donors (Lipinski definition) is 2. The number of nitrogens with one attached hydrogen (secondary N) is 1. The van der Waals surface area contributed by atoms with Crippen LogP contribution in [0.2, 0.25) is 5.15 Å². The molecule has 2 fully saturated rings. The fourth-order valence-corrected chi connectivity index (χ4v) is 3.46. The molecular weight excluding hydrogens is 387 g/mol. The Morgan fingerprint density at radius 2 is 2.12 bits per heavy atom. The molecule has 2 heterocycles. The molecule has 3 N–H and O–H groups in total. The Kier molecular flexibility index (Phi) is 5.22. The fourth-order valence-electron chi connectivity index (χ4n) is 3.17. The Labute approximate surface area is 159 Å². The molecular formula is C16H15Cl3N4O2. The molecule has 0 aromatic carbocycles. The molecule has 0 radical (unpaired) electrons. The van der Waals surface area contributed by atoms with E-state index in [0.29, 0.717) is 6.54 Å². The summed E-state index contributed by atoms with van der Waals surface area (Å²) in [4.78, 5) is 30.3. The molecule has 0 unspecified atom stereocenters. The van der Waals surface area contributed by atoms with Gasteiger partial charge >= 0.3 is 0 Å². The van der Waals surface area contributed by atoms with Gasteiger partial charge in [0, 0.05) is 18.5 Å². The highest BCUT2D eigenvalue weighted by atomic mass is 35.5. The number of carbonyl (C=O) groups excluding carboxylic acids is 2. The lowest BCUT2D eigenvalue weighted by atomic mass is 10.2. The molecule has 2 aliphatic rings. The highest BCUT2D eigenvalue weighted by Crippen LogP contribution is 2.45. The van der Waals surface area contributed by atoms with E-state index in [1.54, 1.807) is 11.0 Å². The van der Waals surface area contributed by atoms with Gasteiger partial charge in [-0.05, 0) is 24.6 Å². The van der Waals surface area contributed by atoms with E-state index < -0.39 is 0 Å². The van der Waals surface area contributed by atoms with Gasteiger partial charge in [0.1, 0.15) is 9.64 Å². The maximum absolute atomic E-state index is 12.7. The molecule has 2 amide bonds. The monoisotopic (exact) mass is 400 g/mol. The molecule has 132 valence electrons. The molecule has 1 aromatic rings. The van der Waals surface area contributed by atoms with Gasteiger partial charge in [0.25, 0.3) is 5.91 Å². The Hall–Kier alpha value is -1.76. The number of rotatable bonds is 4. The van der Waals surface area contributed by atoms with E-state index in [4.69, 9.17) is 40.5 Å². The smallest absolute Gasteiger partial charge is 0.274 e. The molecule has 1 saturated heterocycles. The molecule has 0 bridgehead atoms. The van der Waals surface area contributed by atoms with Crippen LogP contribution in [0.5, 0.6) is 0 Å². The summed E-state index contributed by atoms with van der Waals surface area (Å²) in [5.41, 5.74) is 6.27. The van der Waals surface area contributed by atoms with Crippen LogP contribution in [0.1, 0.15) is 16.9 Å². The number of likely N-dealkylation sites (tertiary alicyclic amines) is 1. The number of amides is 2. The Morgan fingerprint density at radius 1 is 1.36 bits per heavy atom. The average Bonchev–Trinajstić information content (AvgIpc) is 3.03. The van der Waals surface area contributed by atoms with Crippen LogP contribution in [0.4, 0.5) is 5.69 Å². The van der Waals surface area contributed by atoms with Crippen LogP contribution in [0.25, 0.3) is 0 Å². The van der Waals surface area contributed by atoms with E-state index >= 15 is 0 Å². The quantitative estimate of drug-likeness (QED) is 0.461. The highest BCUT2D eigenvalue weighted by molar-refractivity contribution is 6.56. The van der Waals surface area contributed by atoms with E-state index in [1.807, 2.05) is 0 Å². The molecule has 3 atom stereocenters. The third-order valence-electron chi connectivity index (χ3n) is 4.32. The van der Waals surface area contributed by atoms with Crippen LogP contribution < -0.4 is 11.1 Å². The molecule has 1 aliphatic heterocycles. The SMILES string of the molecule is Nc1ccc(Cl)nc1C(=O)N1CC[C@@H]2[C@@H](NC(=O)/C=C/C=C(Cl)Cl)[C@@H]21. The second-order valence-corrected chi connectivity index (χ2v) is 7.26. The van der Waals surface area contributed by atoms with Gasteiger partial charge in [0.15, 0.2) is 5.69 Å². The van der Waals surface area contributed by atoms with Gasteiger partial charge in [-0.1, -0.05) is 40.9 Å². The van der Waals surface area contributed by atoms with Gasteiger partial charge < -0.3 is 16.0 Å². The Morgan fingerprint density at radius 3 is 2.84 bits per heavy atom. The zero-order chi connectivity index (χ0) is 18.1. The van der Waals surface area contributed by atoms with Crippen LogP contribution >= 0.6 is 34.8 Å². The van der Waals surface area contributed by atoms with Crippen LogP contribution in [-0.2, 0) is 4.79 Å². The van der Waals surface area contributed by atoms with E-state index in [2.05, 4.69) is 10.3 Å². The first-order chi connectivity index (χ1) is 11.9. The number of carbonyl (C=O) groups is 2. The number of pyridine rings is 1. The van der Waals surface area contributed by atoms with E-state index in [9.17, 15) is 9.59 Å². The number of halogens is 3. The van der Waals surface area contributed by atoms with Crippen LogP contribution in [0.15, 0.2) is 34.9 Å². The van der Waals surface area contributed by atoms with Crippen molar-refractivity contribution in [2.45, 2.75) is 18.5 Å². The zero-order valence-electron chi connectivity index (χ0n) is 13.0. The predicted molar refractivity (Wildman–Crippen MR) is 97.5 cm³/mol. The van der Waals surface area contributed by atoms with E-state index in [-0.39, 0.29) is 50.8 Å². The normalized spacial score (nSPS) is 24.1. The van der Waals surface area contributed by atoms with Gasteiger partial charge in [0.2, 0.25) is 5.91 Å². The minimum Gasteiger partial charge on any atom is -0.397 e. The van der Waals surface area contributed by atoms with Crippen molar-refractivity contribution < 1.29 is 9.59 Å². The van der Waals surface area contributed by atoms with Crippen LogP contribution in [-0.4, -0.2) is 40.3 Å². The second kappa shape index (κ2) is 7.23. The number of anilines is 1. The second-order valence-electron chi connectivity index (χ2n) is 5.86. The summed E-state index contributed by atoms with van der Waals surface area (Å²) in [6.07, 6.45) is 5.02. The first kappa shape index (κ1) is 18.0. The van der Waals surface area contributed by atoms with Crippen LogP contribution in [0.3, 0.4) is 0 Å². The highest BCUT2D eigenvalue weighted by Gasteiger charge is 2.59. The summed E-state index contributed by atoms with van der Waals surface area (Å²) in [7, 11) is 0. The summed E-state index contributed by atoms with van der Waals surface area (Å²) < 4.78 is 0.0655. The van der Waals surface area contributed by atoms with E-state index in [0.717, 1.165) is 6.42 Å². The van der Waals surface area contributed by atoms with Gasteiger partial charge in [-0.2, -0.15) is 0 Å². The maximum Gasteiger partial charge on any atom is 0.274 e. The molecule has 3 rings (SSSR count). The number of nitrogens with two attached hydrogens (primary N) is 1. The largest absolute Gasteiger partial charge is 0.397 e. The molecule has 1 aromatic heterocycles. The number of piperidine rings is 1. The third kappa shape index (κ3) is 3.92. The molecule has 0 spiro atoms. The van der Waals surface area contributed by atoms with Crippen molar-refractivity contribution in [2.24, 2.45) is 5.92 Å². The number of allylic oxidation sites excluding steroid dienone is 2. The van der Waals surface area contributed by atoms with Crippen molar-refractivity contribution in [1.82, 2.24) is 15.2 Å². The molecule has 1 aliphatic carbocycles. The fraction of sp³-hybridized carbons (Fsp3) is 0.312. The average molecular weight is 402 g/mol. The lowest BCUT2D eigenvalue weighted by Crippen LogP contribution is -2.39. The number of aromatic nitrogens is 1. The van der Waals surface area contributed by atoms with Crippen molar-refractivity contribution in [1.29, 1.82) is 0 Å². The van der Waals surface area contributed by atoms with Gasteiger partial charge in [-0.25, -0.2) is 4.98 Å². The van der Waals surface area contributed by atoms with Crippen molar-refractivity contribution in [3.63, 3.8) is 0 Å². The lowest BCUT2D eigenvalue weighted by Gasteiger charge is -2.20. The summed E-state index contributed by atoms with van der Waals surface area (Å²) in [5, 5.41) is 3.09. The van der Waals surface area contributed by atoms with Gasteiger partial charge in [-0.15, -0.1) is 0 Å². The Balaban J connectivity index is 1.64. The standard InChI is InChI=1S/C16H15Cl3N4O2/c17-10(18)2-1-3-12(24)22-13-8-6-7-23(15(8)13)16(25)14-9(20)4-5-11(19)21-14/h1-5,8,13,15H,6-7,20H2,(H,22,24)/b3-1+/t8-,13-,15-/m1/s1. The summed E-state index contributed by atoms with van der Waals surface area (Å²) >= 11 is 16.8. The summed E-state index contributed by atoms with van der Waals surface area (Å²) in [6.45, 7) is 0.606. The van der Waals surface area contributed by atoms with Gasteiger partial charge in [0.05, 0.1) is 17.8 Å². The topological polar surface area (TPSA) is 88.3 Å². The van der Waals surface area contributed by atoms with Crippen molar-refractivity contribution in [2.75, 3.05) is 12.3 Å². The number of nitrogen functional groups attached to an aromatic ring is 1. The number of fused-ring (bicyclic) bond motifs is 1. The molecule has 9 heteroatoms. The number of hydrogen-bond acceptors (Lipinski definition) is 4. The zero-order valence-corrected chi connectivity index (χ0v) is 15.2. The number of nitrogens with zero attached hydrogens (tertiary/aromatic N) is 2. The van der Waals surface area contributed by atoms with Crippen molar-refractivity contribution in [3.05, 3.63) is 45.7 Å². The molecule has 6 nitrogen and oxygen atoms in total. The summed E-state index contributed by atoms with van der Waals surface area (Å²) in [5.74, 6) is -0.288. The van der Waals surface area contributed by atoms with Crippen LogP contribution in [0, 0.1) is 5.92 Å². The third-order valence-corrected chi connectivity index (χ3v) is 4.79. The van der Waals surface area contributed by atoms with Gasteiger partial charge in [-0.3, -0.25) is 9.59 Å². The predicted octanol–water partition coefficient (Wildman–Crippen LogP) is 2.52. The van der Waals surface area contributed by atoms with E-state index in [1.165, 1.54) is 24.3 Å². The summed E-state index contributed by atoms with van der Waals surface area (Å²) in [6, 6.07) is 2.97. The first-order valence-corrected chi connectivity index (χ1v) is 8.74. The van der Waals surface area contributed by atoms with Crippen molar-refractivity contribution in [3.8, 4) is 0 Å². The maximum atomic E-state index is 12.7. The Bertz CT molecular complexity index is 777. The first-order valence-electron chi connectivity index (χ1n) is 7.61. The minimum absolute atomic E-state index is 0.0443. The molecule has 25 heavy (non-hydrogen) atoms.